The van der Waals surface area contributed by atoms with Crippen LogP contribution in [0.3, 0.4) is 0 Å². The number of rotatable bonds is 2. The lowest BCUT2D eigenvalue weighted by molar-refractivity contribution is -0.137. The summed E-state index contributed by atoms with van der Waals surface area (Å²) in [6.07, 6.45) is 0. The van der Waals surface area contributed by atoms with Gasteiger partial charge in [-0.25, -0.2) is 4.79 Å². The summed E-state index contributed by atoms with van der Waals surface area (Å²) in [5, 5.41) is 3.59. The Balaban J connectivity index is 1.65. The Hall–Kier alpha value is -2.64. The molecule has 1 aromatic heterocycles. The van der Waals surface area contributed by atoms with Crippen LogP contribution in [0.15, 0.2) is 46.9 Å². The van der Waals surface area contributed by atoms with Crippen molar-refractivity contribution in [2.75, 3.05) is 27.2 Å². The molecular formula is C22H26N4O3. The molecule has 0 saturated carbocycles. The first-order valence-electron chi connectivity index (χ1n) is 10.1. The van der Waals surface area contributed by atoms with Gasteiger partial charge in [-0.05, 0) is 24.6 Å². The predicted octanol–water partition coefficient (Wildman–Crippen LogP) is 2.17. The molecule has 3 saturated heterocycles. The molecule has 0 radical (unpaired) electrons. The minimum atomic E-state index is -0.312. The van der Waals surface area contributed by atoms with Crippen LogP contribution in [0.4, 0.5) is 4.79 Å². The molecule has 0 bridgehead atoms. The summed E-state index contributed by atoms with van der Waals surface area (Å²) in [6.45, 7) is 3.54. The monoisotopic (exact) mass is 394 g/mol. The molecule has 5 unspecified atom stereocenters. The number of hydrogen-bond acceptors (Lipinski definition) is 5. The van der Waals surface area contributed by atoms with E-state index in [-0.39, 0.29) is 42.0 Å². The third-order valence-corrected chi connectivity index (χ3v) is 6.73. The van der Waals surface area contributed by atoms with Gasteiger partial charge < -0.3 is 14.6 Å². The van der Waals surface area contributed by atoms with Crippen molar-refractivity contribution in [2.24, 2.45) is 5.92 Å². The molecule has 29 heavy (non-hydrogen) atoms. The highest BCUT2D eigenvalue weighted by atomic mass is 16.3. The number of likely N-dealkylation sites (N-methyl/N-ethyl adjacent to an activating group) is 1. The summed E-state index contributed by atoms with van der Waals surface area (Å²) in [5.74, 6) is 1.30. The summed E-state index contributed by atoms with van der Waals surface area (Å²) in [7, 11) is 3.40. The first-order chi connectivity index (χ1) is 14.0. The van der Waals surface area contributed by atoms with Crippen LogP contribution in [0.1, 0.15) is 29.2 Å². The summed E-state index contributed by atoms with van der Waals surface area (Å²) in [6, 6.07) is 13.5. The first kappa shape index (κ1) is 18.4. The zero-order valence-corrected chi connectivity index (χ0v) is 16.9. The molecule has 0 spiro atoms. The Labute approximate surface area is 170 Å². The van der Waals surface area contributed by atoms with E-state index in [4.69, 9.17) is 4.42 Å². The molecule has 7 heteroatoms. The van der Waals surface area contributed by atoms with Crippen LogP contribution >= 0.6 is 0 Å². The second-order valence-corrected chi connectivity index (χ2v) is 8.27. The highest BCUT2D eigenvalue weighted by Crippen LogP contribution is 2.50. The number of imide groups is 1. The standard InChI is InChI=1S/C22H26N4O3/c1-13-9-10-15(29-13)17-20-19-16(21(27)25(3)22(28)24(19)2)18(26(20)12-11-23-17)14-7-5-4-6-8-14/h4-10,16-20,23H,11-12H2,1-3H3. The van der Waals surface area contributed by atoms with Crippen LogP contribution in [0.25, 0.3) is 0 Å². The number of carbonyl (C=O) groups excluding carboxylic acids is 2. The van der Waals surface area contributed by atoms with Crippen molar-refractivity contribution in [3.63, 3.8) is 0 Å². The van der Waals surface area contributed by atoms with Gasteiger partial charge in [-0.1, -0.05) is 30.3 Å². The Morgan fingerprint density at radius 2 is 1.79 bits per heavy atom. The van der Waals surface area contributed by atoms with Crippen LogP contribution in [-0.4, -0.2) is 65.9 Å². The van der Waals surface area contributed by atoms with Gasteiger partial charge in [0.25, 0.3) is 0 Å². The van der Waals surface area contributed by atoms with Gasteiger partial charge in [0.2, 0.25) is 5.91 Å². The van der Waals surface area contributed by atoms with Crippen molar-refractivity contribution in [3.05, 3.63) is 59.5 Å². The summed E-state index contributed by atoms with van der Waals surface area (Å²) < 4.78 is 5.97. The lowest BCUT2D eigenvalue weighted by Gasteiger charge is -2.44. The maximum absolute atomic E-state index is 13.3. The molecule has 1 N–H and O–H groups in total. The van der Waals surface area contributed by atoms with Gasteiger partial charge in [-0.2, -0.15) is 0 Å². The molecule has 1 aromatic carbocycles. The number of amides is 3. The fraction of sp³-hybridized carbons (Fsp3) is 0.455. The van der Waals surface area contributed by atoms with E-state index >= 15 is 0 Å². The molecule has 5 atom stereocenters. The fourth-order valence-electron chi connectivity index (χ4n) is 5.51. The van der Waals surface area contributed by atoms with Crippen molar-refractivity contribution < 1.29 is 14.0 Å². The van der Waals surface area contributed by atoms with E-state index in [9.17, 15) is 9.59 Å². The van der Waals surface area contributed by atoms with E-state index in [1.807, 2.05) is 44.3 Å². The molecule has 0 aliphatic carbocycles. The van der Waals surface area contributed by atoms with Crippen LogP contribution < -0.4 is 5.32 Å². The first-order valence-corrected chi connectivity index (χ1v) is 10.1. The van der Waals surface area contributed by atoms with Gasteiger partial charge in [0.15, 0.2) is 0 Å². The molecular weight excluding hydrogens is 368 g/mol. The van der Waals surface area contributed by atoms with Gasteiger partial charge in [-0.3, -0.25) is 14.6 Å². The van der Waals surface area contributed by atoms with Crippen molar-refractivity contribution in [3.8, 4) is 0 Å². The molecule has 152 valence electrons. The van der Waals surface area contributed by atoms with Crippen LogP contribution in [0, 0.1) is 12.8 Å². The van der Waals surface area contributed by atoms with E-state index in [0.717, 1.165) is 30.2 Å². The number of nitrogens with one attached hydrogen (secondary N) is 1. The number of carbonyl (C=O) groups is 2. The normalized spacial score (nSPS) is 32.4. The average Bonchev–Trinajstić information content (AvgIpc) is 3.32. The molecule has 3 aliphatic rings. The number of hydrogen-bond donors (Lipinski definition) is 1. The molecule has 3 fully saturated rings. The number of piperazine rings is 1. The lowest BCUT2D eigenvalue weighted by Crippen LogP contribution is -2.63. The highest BCUT2D eigenvalue weighted by Gasteiger charge is 2.61. The van der Waals surface area contributed by atoms with Crippen LogP contribution in [0.5, 0.6) is 0 Å². The largest absolute Gasteiger partial charge is 0.465 e. The van der Waals surface area contributed by atoms with E-state index in [1.54, 1.807) is 11.9 Å². The minimum absolute atomic E-state index is 0.0453. The van der Waals surface area contributed by atoms with Crippen LogP contribution in [-0.2, 0) is 4.79 Å². The second kappa shape index (κ2) is 6.71. The maximum Gasteiger partial charge on any atom is 0.326 e. The van der Waals surface area contributed by atoms with Gasteiger partial charge >= 0.3 is 6.03 Å². The van der Waals surface area contributed by atoms with Gasteiger partial charge in [-0.15, -0.1) is 0 Å². The Kier molecular flexibility index (Phi) is 4.26. The topological polar surface area (TPSA) is 69.0 Å². The highest BCUT2D eigenvalue weighted by molar-refractivity contribution is 5.99. The molecule has 5 rings (SSSR count). The number of urea groups is 1. The molecule has 3 amide bonds. The molecule has 4 heterocycles. The summed E-state index contributed by atoms with van der Waals surface area (Å²) in [5.41, 5.74) is 1.12. The summed E-state index contributed by atoms with van der Waals surface area (Å²) >= 11 is 0. The SMILES string of the molecule is Cc1ccc(C2NCCN3C(c4ccccc4)C4C(=O)N(C)C(=O)N(C)C4C23)o1. The van der Waals surface area contributed by atoms with Gasteiger partial charge in [0.1, 0.15) is 11.5 Å². The van der Waals surface area contributed by atoms with Crippen molar-refractivity contribution in [1.82, 2.24) is 20.0 Å². The number of fused-ring (bicyclic) bond motifs is 3. The van der Waals surface area contributed by atoms with Gasteiger partial charge in [0, 0.05) is 33.2 Å². The molecule has 7 nitrogen and oxygen atoms in total. The van der Waals surface area contributed by atoms with Crippen molar-refractivity contribution in [1.29, 1.82) is 0 Å². The molecule has 3 aliphatic heterocycles. The van der Waals surface area contributed by atoms with E-state index in [1.165, 1.54) is 4.90 Å². The number of benzene rings is 1. The third kappa shape index (κ3) is 2.64. The molecule has 2 aromatic rings. The predicted molar refractivity (Wildman–Crippen MR) is 107 cm³/mol. The van der Waals surface area contributed by atoms with Crippen molar-refractivity contribution >= 4 is 11.9 Å². The Morgan fingerprint density at radius 3 is 2.48 bits per heavy atom. The smallest absolute Gasteiger partial charge is 0.326 e. The average molecular weight is 394 g/mol. The zero-order valence-electron chi connectivity index (χ0n) is 16.9. The second-order valence-electron chi connectivity index (χ2n) is 8.27. The van der Waals surface area contributed by atoms with E-state index < -0.39 is 0 Å². The number of aryl methyl sites for hydroxylation is 1. The summed E-state index contributed by atoms with van der Waals surface area (Å²) in [4.78, 5) is 31.6. The van der Waals surface area contributed by atoms with E-state index in [0.29, 0.717) is 0 Å². The minimum Gasteiger partial charge on any atom is -0.465 e. The Morgan fingerprint density at radius 1 is 1.03 bits per heavy atom. The maximum atomic E-state index is 13.3. The van der Waals surface area contributed by atoms with Crippen molar-refractivity contribution in [2.45, 2.75) is 31.1 Å². The third-order valence-electron chi connectivity index (χ3n) is 6.73. The number of nitrogens with zero attached hydrogens (tertiary/aromatic N) is 3. The Bertz CT molecular complexity index is 943. The quantitative estimate of drug-likeness (QED) is 0.846. The van der Waals surface area contributed by atoms with Gasteiger partial charge in [0.05, 0.1) is 24.0 Å². The lowest BCUT2D eigenvalue weighted by atomic mass is 9.84. The van der Waals surface area contributed by atoms with E-state index in [2.05, 4.69) is 22.3 Å². The van der Waals surface area contributed by atoms with Crippen LogP contribution in [0.2, 0.25) is 0 Å². The zero-order chi connectivity index (χ0) is 20.3. The fourth-order valence-corrected chi connectivity index (χ4v) is 5.51. The number of furan rings is 1.